The largest absolute Gasteiger partial charge is 0.468 e. The Hall–Kier alpha value is -1.60. The number of rotatable bonds is 4. The highest BCUT2D eigenvalue weighted by Crippen LogP contribution is 2.22. The molecular weight excluding hydrogens is 268 g/mol. The van der Waals surface area contributed by atoms with Crippen molar-refractivity contribution in [2.45, 2.75) is 31.7 Å². The van der Waals surface area contributed by atoms with E-state index in [1.807, 2.05) is 0 Å². The Balaban J connectivity index is 3.18. The van der Waals surface area contributed by atoms with Gasteiger partial charge in [-0.25, -0.2) is 8.42 Å². The number of esters is 1. The molecule has 0 radical (unpaired) electrons. The summed E-state index contributed by atoms with van der Waals surface area (Å²) in [4.78, 5) is 11.3. The molecule has 3 N–H and O–H groups in total. The highest BCUT2D eigenvalue weighted by Gasteiger charge is 2.24. The van der Waals surface area contributed by atoms with Crippen molar-refractivity contribution in [2.24, 2.45) is 0 Å². The molecule has 0 bridgehead atoms. The second-order valence-corrected chi connectivity index (χ2v) is 6.01. The van der Waals surface area contributed by atoms with E-state index in [0.717, 1.165) is 5.56 Å². The van der Waals surface area contributed by atoms with Crippen LogP contribution in [0.5, 0.6) is 0 Å². The average molecular weight is 286 g/mol. The van der Waals surface area contributed by atoms with Gasteiger partial charge in [0.1, 0.15) is 6.04 Å². The Morgan fingerprint density at radius 2 is 1.95 bits per heavy atom. The lowest BCUT2D eigenvalue weighted by molar-refractivity contribution is -0.142. The first-order valence-electron chi connectivity index (χ1n) is 5.66. The molecule has 0 spiro atoms. The predicted molar refractivity (Wildman–Crippen MR) is 72.1 cm³/mol. The summed E-state index contributed by atoms with van der Waals surface area (Å²) in [5, 5.41) is 0. The van der Waals surface area contributed by atoms with Gasteiger partial charge in [0.05, 0.1) is 12.0 Å². The minimum atomic E-state index is -3.82. The lowest BCUT2D eigenvalue weighted by Gasteiger charge is -2.15. The Labute approximate surface area is 113 Å². The molecule has 0 heterocycles. The molecule has 0 saturated heterocycles. The molecule has 19 heavy (non-hydrogen) atoms. The number of hydrogen-bond acceptors (Lipinski definition) is 5. The van der Waals surface area contributed by atoms with Crippen LogP contribution in [0.25, 0.3) is 0 Å². The first-order chi connectivity index (χ1) is 8.69. The van der Waals surface area contributed by atoms with Crippen LogP contribution in [-0.4, -0.2) is 27.5 Å². The molecule has 0 fully saturated rings. The van der Waals surface area contributed by atoms with Crippen LogP contribution in [-0.2, 0) is 19.6 Å². The zero-order valence-electron chi connectivity index (χ0n) is 11.4. The molecule has 6 nitrogen and oxygen atoms in total. The van der Waals surface area contributed by atoms with Gasteiger partial charge in [-0.3, -0.25) is 4.79 Å². The van der Waals surface area contributed by atoms with Crippen molar-refractivity contribution >= 4 is 21.7 Å². The molecule has 1 unspecified atom stereocenters. The van der Waals surface area contributed by atoms with Gasteiger partial charge in [-0.15, -0.1) is 0 Å². The van der Waals surface area contributed by atoms with Crippen LogP contribution in [0.4, 0.5) is 5.69 Å². The first-order valence-corrected chi connectivity index (χ1v) is 7.14. The average Bonchev–Trinajstić information content (AvgIpc) is 2.31. The monoisotopic (exact) mass is 286 g/mol. The van der Waals surface area contributed by atoms with Crippen molar-refractivity contribution in [2.75, 3.05) is 12.8 Å². The van der Waals surface area contributed by atoms with Gasteiger partial charge in [-0.05, 0) is 44.0 Å². The number of sulfonamides is 1. The zero-order chi connectivity index (χ0) is 14.8. The summed E-state index contributed by atoms with van der Waals surface area (Å²) in [6, 6.07) is 2.10. The Morgan fingerprint density at radius 1 is 1.37 bits per heavy atom. The van der Waals surface area contributed by atoms with E-state index in [1.165, 1.54) is 20.1 Å². The van der Waals surface area contributed by atoms with Crippen LogP contribution in [0.1, 0.15) is 18.1 Å². The molecule has 7 heteroatoms. The lowest BCUT2D eigenvalue weighted by atomic mass is 10.1. The highest BCUT2D eigenvalue weighted by molar-refractivity contribution is 7.89. The van der Waals surface area contributed by atoms with E-state index in [9.17, 15) is 13.2 Å². The smallest absolute Gasteiger partial charge is 0.323 e. The van der Waals surface area contributed by atoms with Crippen LogP contribution < -0.4 is 10.5 Å². The van der Waals surface area contributed by atoms with Gasteiger partial charge < -0.3 is 10.5 Å². The van der Waals surface area contributed by atoms with E-state index in [1.54, 1.807) is 19.9 Å². The molecule has 1 atom stereocenters. The highest BCUT2D eigenvalue weighted by atomic mass is 32.2. The van der Waals surface area contributed by atoms with E-state index < -0.39 is 22.0 Å². The number of carbonyl (C=O) groups is 1. The van der Waals surface area contributed by atoms with Gasteiger partial charge in [0.2, 0.25) is 10.0 Å². The molecule has 0 aliphatic carbocycles. The molecular formula is C12H18N2O4S. The van der Waals surface area contributed by atoms with Gasteiger partial charge >= 0.3 is 5.97 Å². The fourth-order valence-corrected chi connectivity index (χ4v) is 3.20. The molecule has 1 rings (SSSR count). The summed E-state index contributed by atoms with van der Waals surface area (Å²) in [5.74, 6) is -0.651. The number of carbonyl (C=O) groups excluding carboxylic acids is 1. The molecule has 0 saturated carbocycles. The molecule has 0 aromatic heterocycles. The normalized spacial score (nSPS) is 13.1. The number of nitrogens with two attached hydrogens (primary N) is 1. The van der Waals surface area contributed by atoms with Crippen LogP contribution in [0.3, 0.4) is 0 Å². The summed E-state index contributed by atoms with van der Waals surface area (Å²) in [7, 11) is -2.62. The maximum atomic E-state index is 12.2. The summed E-state index contributed by atoms with van der Waals surface area (Å²) in [6.07, 6.45) is 0. The maximum absolute atomic E-state index is 12.2. The maximum Gasteiger partial charge on any atom is 0.323 e. The fourth-order valence-electron chi connectivity index (χ4n) is 1.65. The van der Waals surface area contributed by atoms with Crippen molar-refractivity contribution in [3.8, 4) is 0 Å². The van der Waals surface area contributed by atoms with Crippen LogP contribution in [0.2, 0.25) is 0 Å². The van der Waals surface area contributed by atoms with Crippen molar-refractivity contribution in [1.29, 1.82) is 0 Å². The van der Waals surface area contributed by atoms with Gasteiger partial charge in [0.25, 0.3) is 0 Å². The third-order valence-corrected chi connectivity index (χ3v) is 4.49. The minimum absolute atomic E-state index is 0.0701. The molecule has 1 aromatic carbocycles. The topological polar surface area (TPSA) is 98.5 Å². The zero-order valence-corrected chi connectivity index (χ0v) is 12.2. The predicted octanol–water partition coefficient (Wildman–Crippen LogP) is 0.725. The number of aryl methyl sites for hydroxylation is 1. The van der Waals surface area contributed by atoms with Gasteiger partial charge in [0, 0.05) is 5.69 Å². The summed E-state index contributed by atoms with van der Waals surface area (Å²) < 4.78 is 31.2. The van der Waals surface area contributed by atoms with Gasteiger partial charge in [-0.1, -0.05) is 0 Å². The van der Waals surface area contributed by atoms with E-state index in [-0.39, 0.29) is 4.90 Å². The van der Waals surface area contributed by atoms with E-state index >= 15 is 0 Å². The number of benzene rings is 1. The van der Waals surface area contributed by atoms with Crippen LogP contribution in [0, 0.1) is 13.8 Å². The molecule has 0 aliphatic rings. The van der Waals surface area contributed by atoms with Crippen molar-refractivity contribution in [3.63, 3.8) is 0 Å². The Morgan fingerprint density at radius 3 is 2.47 bits per heavy atom. The lowest BCUT2D eigenvalue weighted by Crippen LogP contribution is -2.39. The van der Waals surface area contributed by atoms with Crippen LogP contribution in [0.15, 0.2) is 17.0 Å². The van der Waals surface area contributed by atoms with E-state index in [0.29, 0.717) is 11.3 Å². The molecule has 0 amide bonds. The Bertz CT molecular complexity index is 596. The summed E-state index contributed by atoms with van der Waals surface area (Å²) >= 11 is 0. The fraction of sp³-hybridized carbons (Fsp3) is 0.417. The van der Waals surface area contributed by atoms with E-state index in [4.69, 9.17) is 5.73 Å². The van der Waals surface area contributed by atoms with Gasteiger partial charge in [-0.2, -0.15) is 4.72 Å². The third-order valence-electron chi connectivity index (χ3n) is 2.82. The number of ether oxygens (including phenoxy) is 1. The molecule has 1 aromatic rings. The second-order valence-electron chi connectivity index (χ2n) is 4.33. The number of hydrogen-bond donors (Lipinski definition) is 2. The van der Waals surface area contributed by atoms with Crippen LogP contribution >= 0.6 is 0 Å². The number of nitrogen functional groups attached to an aromatic ring is 1. The second kappa shape index (κ2) is 5.58. The Kier molecular flexibility index (Phi) is 4.54. The number of methoxy groups -OCH3 is 1. The van der Waals surface area contributed by atoms with Crippen molar-refractivity contribution in [3.05, 3.63) is 23.3 Å². The minimum Gasteiger partial charge on any atom is -0.468 e. The van der Waals surface area contributed by atoms with Crippen molar-refractivity contribution < 1.29 is 17.9 Å². The SMILES string of the molecule is COC(=O)C(C)NS(=O)(=O)c1cc(N)cc(C)c1C. The van der Waals surface area contributed by atoms with Crippen molar-refractivity contribution in [1.82, 2.24) is 4.72 Å². The standard InChI is InChI=1S/C12H18N2O4S/c1-7-5-10(13)6-11(8(7)2)19(16,17)14-9(3)12(15)18-4/h5-6,9,14H,13H2,1-4H3. The quantitative estimate of drug-likeness (QED) is 0.628. The number of anilines is 1. The summed E-state index contributed by atoms with van der Waals surface area (Å²) in [6.45, 7) is 4.87. The molecule has 106 valence electrons. The number of nitrogens with one attached hydrogen (secondary N) is 1. The third kappa shape index (κ3) is 3.45. The van der Waals surface area contributed by atoms with E-state index in [2.05, 4.69) is 9.46 Å². The first kappa shape index (κ1) is 15.5. The summed E-state index contributed by atoms with van der Waals surface area (Å²) in [5.41, 5.74) is 7.38. The van der Waals surface area contributed by atoms with Gasteiger partial charge in [0.15, 0.2) is 0 Å². The molecule has 0 aliphatic heterocycles.